The molecule has 10 heteroatoms. The van der Waals surface area contributed by atoms with Crippen molar-refractivity contribution in [3.05, 3.63) is 29.8 Å². The largest absolute Gasteiger partial charge is 0.345 e. The number of fused-ring (bicyclic) bond motifs is 1. The third-order valence-corrected chi connectivity index (χ3v) is 7.01. The monoisotopic (exact) mass is 486 g/mol. The zero-order chi connectivity index (χ0) is 24.9. The van der Waals surface area contributed by atoms with Gasteiger partial charge in [0.1, 0.15) is 17.4 Å². The predicted octanol–water partition coefficient (Wildman–Crippen LogP) is 3.23. The number of hydrogen-bond acceptors (Lipinski definition) is 4. The van der Waals surface area contributed by atoms with Gasteiger partial charge in [-0.25, -0.2) is 14.2 Å². The van der Waals surface area contributed by atoms with Gasteiger partial charge in [0.15, 0.2) is 5.82 Å². The Hall–Kier alpha value is -3.17. The van der Waals surface area contributed by atoms with E-state index in [1.165, 1.54) is 6.07 Å². The summed E-state index contributed by atoms with van der Waals surface area (Å²) in [6.45, 7) is 5.68. The number of aromatic amines is 1. The molecule has 4 amide bonds. The SMILES string of the molecule is C[C@H](NC(=O)[C@H](CC(=O)N1CCCC[C@@H]1C)NC(=O)N1CCCCC1)c1nc2c(F)cccc2[nH]1. The Labute approximate surface area is 204 Å². The number of halogens is 1. The van der Waals surface area contributed by atoms with Crippen LogP contribution in [-0.2, 0) is 9.59 Å². The maximum absolute atomic E-state index is 14.1. The van der Waals surface area contributed by atoms with Crippen molar-refractivity contribution in [2.24, 2.45) is 0 Å². The normalized spacial score (nSPS) is 20.4. The molecule has 3 heterocycles. The van der Waals surface area contributed by atoms with Crippen molar-refractivity contribution < 1.29 is 18.8 Å². The molecule has 35 heavy (non-hydrogen) atoms. The first-order valence-electron chi connectivity index (χ1n) is 12.6. The number of amides is 4. The quantitative estimate of drug-likeness (QED) is 0.582. The molecule has 190 valence electrons. The fourth-order valence-electron chi connectivity index (χ4n) is 4.91. The van der Waals surface area contributed by atoms with E-state index in [-0.39, 0.29) is 29.9 Å². The summed E-state index contributed by atoms with van der Waals surface area (Å²) in [4.78, 5) is 50.1. The van der Waals surface area contributed by atoms with Gasteiger partial charge in [-0.05, 0) is 64.5 Å². The molecular weight excluding hydrogens is 451 g/mol. The fourth-order valence-corrected chi connectivity index (χ4v) is 4.91. The zero-order valence-electron chi connectivity index (χ0n) is 20.5. The number of imidazole rings is 1. The summed E-state index contributed by atoms with van der Waals surface area (Å²) >= 11 is 0. The summed E-state index contributed by atoms with van der Waals surface area (Å²) in [6.07, 6.45) is 5.76. The van der Waals surface area contributed by atoms with Crippen LogP contribution in [0.5, 0.6) is 0 Å². The van der Waals surface area contributed by atoms with Crippen LogP contribution in [0.4, 0.5) is 9.18 Å². The predicted molar refractivity (Wildman–Crippen MR) is 130 cm³/mol. The Bertz CT molecular complexity index is 1070. The van der Waals surface area contributed by atoms with E-state index in [0.717, 1.165) is 38.5 Å². The van der Waals surface area contributed by atoms with Gasteiger partial charge in [-0.1, -0.05) is 6.07 Å². The van der Waals surface area contributed by atoms with E-state index < -0.39 is 23.8 Å². The number of rotatable bonds is 6. The maximum atomic E-state index is 14.1. The molecule has 0 radical (unpaired) electrons. The summed E-state index contributed by atoms with van der Waals surface area (Å²) < 4.78 is 14.1. The van der Waals surface area contributed by atoms with Gasteiger partial charge in [0, 0.05) is 25.7 Å². The molecule has 0 aliphatic carbocycles. The Morgan fingerprint density at radius 1 is 1.11 bits per heavy atom. The van der Waals surface area contributed by atoms with Crippen molar-refractivity contribution in [3.63, 3.8) is 0 Å². The molecule has 3 N–H and O–H groups in total. The van der Waals surface area contributed by atoms with Crippen molar-refractivity contribution in [3.8, 4) is 0 Å². The molecule has 2 aromatic rings. The van der Waals surface area contributed by atoms with E-state index in [9.17, 15) is 18.8 Å². The lowest BCUT2D eigenvalue weighted by Crippen LogP contribution is -2.54. The highest BCUT2D eigenvalue weighted by molar-refractivity contribution is 5.92. The van der Waals surface area contributed by atoms with Crippen LogP contribution in [0.1, 0.15) is 70.7 Å². The Morgan fingerprint density at radius 3 is 2.57 bits per heavy atom. The number of hydrogen-bond donors (Lipinski definition) is 3. The third kappa shape index (κ3) is 5.91. The number of carbonyl (C=O) groups is 3. The smallest absolute Gasteiger partial charge is 0.318 e. The average molecular weight is 487 g/mol. The highest BCUT2D eigenvalue weighted by Gasteiger charge is 2.32. The van der Waals surface area contributed by atoms with E-state index in [2.05, 4.69) is 20.6 Å². The molecule has 1 aromatic heterocycles. The van der Waals surface area contributed by atoms with Crippen LogP contribution in [0.2, 0.25) is 0 Å². The Balaban J connectivity index is 1.47. The minimum absolute atomic E-state index is 0.113. The lowest BCUT2D eigenvalue weighted by molar-refractivity contribution is -0.137. The van der Waals surface area contributed by atoms with Gasteiger partial charge in [-0.2, -0.15) is 0 Å². The van der Waals surface area contributed by atoms with Crippen LogP contribution in [-0.4, -0.2) is 69.3 Å². The second-order valence-electron chi connectivity index (χ2n) is 9.67. The van der Waals surface area contributed by atoms with E-state index in [1.807, 2.05) is 11.8 Å². The topological polar surface area (TPSA) is 110 Å². The maximum Gasteiger partial charge on any atom is 0.318 e. The van der Waals surface area contributed by atoms with E-state index in [0.29, 0.717) is 31.0 Å². The Morgan fingerprint density at radius 2 is 1.86 bits per heavy atom. The zero-order valence-corrected chi connectivity index (χ0v) is 20.5. The van der Waals surface area contributed by atoms with E-state index in [1.54, 1.807) is 24.0 Å². The molecule has 4 rings (SSSR count). The minimum Gasteiger partial charge on any atom is -0.345 e. The molecular formula is C25H35FN6O3. The van der Waals surface area contributed by atoms with Crippen LogP contribution in [0.15, 0.2) is 18.2 Å². The van der Waals surface area contributed by atoms with Gasteiger partial charge in [-0.3, -0.25) is 9.59 Å². The number of H-pyrrole nitrogens is 1. The number of carbonyl (C=O) groups excluding carboxylic acids is 3. The van der Waals surface area contributed by atoms with Gasteiger partial charge in [0.2, 0.25) is 11.8 Å². The summed E-state index contributed by atoms with van der Waals surface area (Å²) in [5, 5.41) is 5.65. The number of benzene rings is 1. The van der Waals surface area contributed by atoms with Gasteiger partial charge in [0.05, 0.1) is 18.0 Å². The summed E-state index contributed by atoms with van der Waals surface area (Å²) in [5.41, 5.74) is 0.734. The highest BCUT2D eigenvalue weighted by atomic mass is 19.1. The van der Waals surface area contributed by atoms with E-state index in [4.69, 9.17) is 0 Å². The number of aromatic nitrogens is 2. The third-order valence-electron chi connectivity index (χ3n) is 7.01. The number of nitrogens with one attached hydrogen (secondary N) is 3. The van der Waals surface area contributed by atoms with Crippen LogP contribution in [0.25, 0.3) is 11.0 Å². The molecule has 3 atom stereocenters. The fraction of sp³-hybridized carbons (Fsp3) is 0.600. The number of para-hydroxylation sites is 1. The molecule has 0 unspecified atom stereocenters. The molecule has 1 aromatic carbocycles. The lowest BCUT2D eigenvalue weighted by atomic mass is 10.0. The summed E-state index contributed by atoms with van der Waals surface area (Å²) in [5.74, 6) is -0.663. The molecule has 2 aliphatic heterocycles. The molecule has 2 fully saturated rings. The molecule has 0 bridgehead atoms. The number of piperidine rings is 2. The van der Waals surface area contributed by atoms with Crippen molar-refractivity contribution in [2.75, 3.05) is 19.6 Å². The van der Waals surface area contributed by atoms with Crippen LogP contribution < -0.4 is 10.6 Å². The first kappa shape index (κ1) is 24.9. The van der Waals surface area contributed by atoms with Crippen LogP contribution in [0.3, 0.4) is 0 Å². The van der Waals surface area contributed by atoms with Gasteiger partial charge in [0.25, 0.3) is 0 Å². The second-order valence-corrected chi connectivity index (χ2v) is 9.67. The first-order valence-corrected chi connectivity index (χ1v) is 12.6. The molecule has 0 spiro atoms. The van der Waals surface area contributed by atoms with Gasteiger partial charge >= 0.3 is 6.03 Å². The van der Waals surface area contributed by atoms with Crippen LogP contribution in [0, 0.1) is 5.82 Å². The van der Waals surface area contributed by atoms with Crippen molar-refractivity contribution in [2.45, 2.75) is 76.9 Å². The molecule has 9 nitrogen and oxygen atoms in total. The van der Waals surface area contributed by atoms with Crippen molar-refractivity contribution in [1.29, 1.82) is 0 Å². The van der Waals surface area contributed by atoms with Crippen molar-refractivity contribution >= 4 is 28.9 Å². The Kier molecular flexibility index (Phi) is 7.87. The lowest BCUT2D eigenvalue weighted by Gasteiger charge is -2.35. The number of likely N-dealkylation sites (tertiary alicyclic amines) is 2. The number of urea groups is 1. The van der Waals surface area contributed by atoms with Crippen molar-refractivity contribution in [1.82, 2.24) is 30.4 Å². The molecule has 2 saturated heterocycles. The summed E-state index contributed by atoms with van der Waals surface area (Å²) in [6, 6.07) is 2.81. The molecule has 0 saturated carbocycles. The number of nitrogens with zero attached hydrogens (tertiary/aromatic N) is 3. The minimum atomic E-state index is -1.02. The van der Waals surface area contributed by atoms with Gasteiger partial charge in [-0.15, -0.1) is 0 Å². The standard InChI is InChI=1S/C25H35FN6O3/c1-16-9-4-7-14-32(16)21(33)15-20(29-25(35)31-12-5-3-6-13-31)24(34)27-17(2)23-28-19-11-8-10-18(26)22(19)30-23/h8,10-11,16-17,20H,3-7,9,12-15H2,1-2H3,(H,27,34)(H,28,30)(H,29,35)/t16-,17-,20-/m0/s1. The highest BCUT2D eigenvalue weighted by Crippen LogP contribution is 2.20. The second kappa shape index (κ2) is 11.0. The van der Waals surface area contributed by atoms with E-state index >= 15 is 0 Å². The first-order chi connectivity index (χ1) is 16.8. The van der Waals surface area contributed by atoms with Gasteiger partial charge < -0.3 is 25.4 Å². The summed E-state index contributed by atoms with van der Waals surface area (Å²) in [7, 11) is 0. The average Bonchev–Trinajstić information content (AvgIpc) is 3.30. The van der Waals surface area contributed by atoms with Crippen LogP contribution >= 0.6 is 0 Å². The molecule has 2 aliphatic rings.